The second-order valence-corrected chi connectivity index (χ2v) is 7.93. The molecular formula is C22H27ClO6. The maximum atomic E-state index is 10.5. The Morgan fingerprint density at radius 1 is 0.862 bits per heavy atom. The molecular weight excluding hydrogens is 396 g/mol. The van der Waals surface area contributed by atoms with Crippen molar-refractivity contribution in [3.8, 4) is 5.75 Å². The van der Waals surface area contributed by atoms with Crippen LogP contribution in [0.15, 0.2) is 42.5 Å². The normalized spacial score (nSPS) is 29.6. The van der Waals surface area contributed by atoms with E-state index in [-0.39, 0.29) is 0 Å². The van der Waals surface area contributed by atoms with Crippen molar-refractivity contribution in [3.05, 3.63) is 64.2 Å². The molecule has 3 rings (SSSR count). The van der Waals surface area contributed by atoms with Crippen LogP contribution in [0.1, 0.15) is 23.6 Å². The predicted octanol–water partition coefficient (Wildman–Crippen LogP) is 1.31. The van der Waals surface area contributed by atoms with Crippen molar-refractivity contribution in [3.63, 3.8) is 0 Å². The van der Waals surface area contributed by atoms with E-state index in [1.165, 1.54) is 5.56 Å². The maximum Gasteiger partial charge on any atom is 0.153 e. The second-order valence-electron chi connectivity index (χ2n) is 7.49. The Labute approximate surface area is 175 Å². The van der Waals surface area contributed by atoms with Crippen LogP contribution >= 0.6 is 11.6 Å². The Hall–Kier alpha value is -1.67. The summed E-state index contributed by atoms with van der Waals surface area (Å²) in [6.45, 7) is 1.53. The van der Waals surface area contributed by atoms with Crippen molar-refractivity contribution in [2.45, 2.75) is 50.3 Å². The third-order valence-electron chi connectivity index (χ3n) is 5.57. The fourth-order valence-corrected chi connectivity index (χ4v) is 3.91. The standard InChI is InChI=1S/C22H27ClO6/c1-2-12-3-5-13(6-4-12)9-14-10-15(23)7-8-17(14)29-22-19(26)16(11-24)18(25)20(27)21(22)28/h3-8,10,16,18-22,24-28H,2,9,11H2,1H3/t16-,18-,19+,20+,21-,22-/m1/s1. The summed E-state index contributed by atoms with van der Waals surface area (Å²) in [7, 11) is 0. The van der Waals surface area contributed by atoms with E-state index >= 15 is 0 Å². The summed E-state index contributed by atoms with van der Waals surface area (Å²) in [6.07, 6.45) is -5.62. The lowest BCUT2D eigenvalue weighted by atomic mass is 9.78. The average molecular weight is 423 g/mol. The van der Waals surface area contributed by atoms with Gasteiger partial charge >= 0.3 is 0 Å². The van der Waals surface area contributed by atoms with E-state index < -0.39 is 43.0 Å². The number of aryl methyl sites for hydroxylation is 1. The summed E-state index contributed by atoms with van der Waals surface area (Å²) in [5, 5.41) is 50.9. The molecule has 0 saturated heterocycles. The Morgan fingerprint density at radius 2 is 1.52 bits per heavy atom. The van der Waals surface area contributed by atoms with Crippen LogP contribution in [0.25, 0.3) is 0 Å². The van der Waals surface area contributed by atoms with E-state index in [2.05, 4.69) is 19.1 Å². The lowest BCUT2D eigenvalue weighted by Crippen LogP contribution is -2.63. The highest BCUT2D eigenvalue weighted by Crippen LogP contribution is 2.32. The van der Waals surface area contributed by atoms with Crippen molar-refractivity contribution in [1.82, 2.24) is 0 Å². The Kier molecular flexibility index (Phi) is 7.16. The zero-order chi connectivity index (χ0) is 21.1. The number of hydrogen-bond donors (Lipinski definition) is 5. The number of halogens is 1. The quantitative estimate of drug-likeness (QED) is 0.480. The third-order valence-corrected chi connectivity index (χ3v) is 5.81. The van der Waals surface area contributed by atoms with Crippen LogP contribution in [-0.4, -0.2) is 62.7 Å². The van der Waals surface area contributed by atoms with Crippen LogP contribution < -0.4 is 4.74 Å². The van der Waals surface area contributed by atoms with E-state index in [1.807, 2.05) is 12.1 Å². The van der Waals surface area contributed by atoms with Crippen molar-refractivity contribution < 1.29 is 30.3 Å². The zero-order valence-electron chi connectivity index (χ0n) is 16.1. The van der Waals surface area contributed by atoms with Gasteiger partial charge in [0.05, 0.1) is 12.7 Å². The van der Waals surface area contributed by atoms with Gasteiger partial charge in [0.15, 0.2) is 6.10 Å². The smallest absolute Gasteiger partial charge is 0.153 e. The maximum absolute atomic E-state index is 10.5. The van der Waals surface area contributed by atoms with Gasteiger partial charge in [-0.3, -0.25) is 0 Å². The SMILES string of the molecule is CCc1ccc(Cc2cc(Cl)ccc2O[C@H]2[C@H](O)[C@@H](O)[C@H](O)[C@@H](CO)[C@@H]2O)cc1. The number of aliphatic hydroxyl groups is 5. The first kappa shape index (κ1) is 22.0. The molecule has 0 radical (unpaired) electrons. The highest BCUT2D eigenvalue weighted by atomic mass is 35.5. The summed E-state index contributed by atoms with van der Waals surface area (Å²) in [5.41, 5.74) is 3.03. The minimum absolute atomic E-state index is 0.400. The van der Waals surface area contributed by atoms with Gasteiger partial charge in [0.1, 0.15) is 24.1 Å². The average Bonchev–Trinajstić information content (AvgIpc) is 2.72. The van der Waals surface area contributed by atoms with E-state index in [1.54, 1.807) is 18.2 Å². The number of benzene rings is 2. The fraction of sp³-hybridized carbons (Fsp3) is 0.455. The molecule has 6 atom stereocenters. The van der Waals surface area contributed by atoms with Crippen molar-refractivity contribution in [1.29, 1.82) is 0 Å². The number of rotatable bonds is 6. The summed E-state index contributed by atoms with van der Waals surface area (Å²) in [4.78, 5) is 0. The molecule has 5 N–H and O–H groups in total. The largest absolute Gasteiger partial charge is 0.485 e. The van der Waals surface area contributed by atoms with Crippen molar-refractivity contribution in [2.24, 2.45) is 5.92 Å². The number of ether oxygens (including phenoxy) is 1. The summed E-state index contributed by atoms with van der Waals surface area (Å²) < 4.78 is 5.89. The first-order valence-corrected chi connectivity index (χ1v) is 10.1. The first-order valence-electron chi connectivity index (χ1n) is 9.71. The van der Waals surface area contributed by atoms with Crippen LogP contribution in [0.4, 0.5) is 0 Å². The molecule has 0 aliphatic heterocycles. The fourth-order valence-electron chi connectivity index (χ4n) is 3.71. The molecule has 2 aromatic rings. The second kappa shape index (κ2) is 9.43. The monoisotopic (exact) mass is 422 g/mol. The molecule has 0 spiro atoms. The molecule has 1 saturated carbocycles. The molecule has 0 aromatic heterocycles. The molecule has 0 amide bonds. The van der Waals surface area contributed by atoms with E-state index in [9.17, 15) is 25.5 Å². The highest BCUT2D eigenvalue weighted by molar-refractivity contribution is 6.30. The molecule has 0 heterocycles. The van der Waals surface area contributed by atoms with Crippen LogP contribution in [0, 0.1) is 5.92 Å². The number of aliphatic hydroxyl groups excluding tert-OH is 5. The lowest BCUT2D eigenvalue weighted by molar-refractivity contribution is -0.202. The minimum atomic E-state index is -1.54. The van der Waals surface area contributed by atoms with Gasteiger partial charge in [-0.25, -0.2) is 0 Å². The molecule has 1 fully saturated rings. The van der Waals surface area contributed by atoms with Crippen molar-refractivity contribution >= 4 is 11.6 Å². The van der Waals surface area contributed by atoms with Gasteiger partial charge in [0, 0.05) is 17.4 Å². The van der Waals surface area contributed by atoms with Gasteiger partial charge in [0.25, 0.3) is 0 Å². The van der Waals surface area contributed by atoms with Gasteiger partial charge in [-0.15, -0.1) is 0 Å². The van der Waals surface area contributed by atoms with Crippen molar-refractivity contribution in [2.75, 3.05) is 6.61 Å². The number of hydrogen-bond acceptors (Lipinski definition) is 6. The van der Waals surface area contributed by atoms with Gasteiger partial charge in [-0.05, 0) is 41.3 Å². The predicted molar refractivity (Wildman–Crippen MR) is 109 cm³/mol. The van der Waals surface area contributed by atoms with E-state index in [0.29, 0.717) is 17.2 Å². The minimum Gasteiger partial charge on any atom is -0.485 e. The molecule has 7 heteroatoms. The molecule has 6 nitrogen and oxygen atoms in total. The highest BCUT2D eigenvalue weighted by Gasteiger charge is 2.50. The van der Waals surface area contributed by atoms with Crippen LogP contribution in [0.2, 0.25) is 5.02 Å². The molecule has 0 unspecified atom stereocenters. The van der Waals surface area contributed by atoms with Gasteiger partial charge < -0.3 is 30.3 Å². The van der Waals surface area contributed by atoms with E-state index in [0.717, 1.165) is 17.5 Å². The van der Waals surface area contributed by atoms with Gasteiger partial charge in [0.2, 0.25) is 0 Å². The Balaban J connectivity index is 1.86. The van der Waals surface area contributed by atoms with E-state index in [4.69, 9.17) is 16.3 Å². The first-order chi connectivity index (χ1) is 13.8. The molecule has 1 aliphatic rings. The third kappa shape index (κ3) is 4.74. The topological polar surface area (TPSA) is 110 Å². The molecule has 2 aromatic carbocycles. The van der Waals surface area contributed by atoms with Crippen LogP contribution in [-0.2, 0) is 12.8 Å². The molecule has 29 heavy (non-hydrogen) atoms. The Bertz CT molecular complexity index is 811. The van der Waals surface area contributed by atoms with Gasteiger partial charge in [-0.1, -0.05) is 42.8 Å². The molecule has 158 valence electrons. The molecule has 1 aliphatic carbocycles. The van der Waals surface area contributed by atoms with Crippen LogP contribution in [0.5, 0.6) is 5.75 Å². The molecule has 0 bridgehead atoms. The summed E-state index contributed by atoms with van der Waals surface area (Å²) in [6, 6.07) is 13.2. The lowest BCUT2D eigenvalue weighted by Gasteiger charge is -2.43. The summed E-state index contributed by atoms with van der Waals surface area (Å²) >= 11 is 6.16. The Morgan fingerprint density at radius 3 is 2.14 bits per heavy atom. The summed E-state index contributed by atoms with van der Waals surface area (Å²) in [5.74, 6) is -0.631. The van der Waals surface area contributed by atoms with Gasteiger partial charge in [-0.2, -0.15) is 0 Å². The van der Waals surface area contributed by atoms with Crippen LogP contribution in [0.3, 0.4) is 0 Å². The zero-order valence-corrected chi connectivity index (χ0v) is 16.9.